The number of carbonyl (C=O) groups is 1. The van der Waals surface area contributed by atoms with Gasteiger partial charge in [0.2, 0.25) is 0 Å². The van der Waals surface area contributed by atoms with Gasteiger partial charge in [-0.05, 0) is 50.0 Å². The average molecular weight is 389 g/mol. The Labute approximate surface area is 159 Å². The van der Waals surface area contributed by atoms with Crippen LogP contribution in [0.5, 0.6) is 0 Å². The van der Waals surface area contributed by atoms with Crippen LogP contribution in [0.2, 0.25) is 0 Å². The van der Waals surface area contributed by atoms with Gasteiger partial charge in [0, 0.05) is 19.0 Å². The number of fused-ring (bicyclic) bond motifs is 1. The smallest absolute Gasteiger partial charge is 0.275 e. The zero-order valence-corrected chi connectivity index (χ0v) is 17.2. The molecule has 0 atom stereocenters. The summed E-state index contributed by atoms with van der Waals surface area (Å²) in [4.78, 5) is 17.7. The van der Waals surface area contributed by atoms with E-state index in [1.54, 1.807) is 20.9 Å². The number of rotatable bonds is 2. The lowest BCUT2D eigenvalue weighted by Gasteiger charge is -2.24. The van der Waals surface area contributed by atoms with Crippen molar-refractivity contribution in [3.8, 4) is 0 Å². The first-order valence-electron chi connectivity index (χ1n) is 8.62. The van der Waals surface area contributed by atoms with Crippen LogP contribution in [0.3, 0.4) is 0 Å². The maximum Gasteiger partial charge on any atom is 0.275 e. The van der Waals surface area contributed by atoms with Crippen LogP contribution < -0.4 is 0 Å². The van der Waals surface area contributed by atoms with Crippen LogP contribution in [-0.2, 0) is 19.5 Å². The molecule has 0 aliphatic carbocycles. The first-order chi connectivity index (χ1) is 12.6. The Morgan fingerprint density at radius 1 is 1.30 bits per heavy atom. The molecule has 2 aliphatic heterocycles. The molecule has 0 saturated heterocycles. The number of hydrazone groups is 1. The second kappa shape index (κ2) is 6.60. The number of amides is 1. The number of nitrogens with zero attached hydrogens (tertiary/aromatic N) is 3. The van der Waals surface area contributed by atoms with Gasteiger partial charge in [-0.25, -0.2) is 13.4 Å². The van der Waals surface area contributed by atoms with Gasteiger partial charge >= 0.3 is 0 Å². The molecule has 3 rings (SSSR count). The van der Waals surface area contributed by atoms with E-state index in [0.717, 1.165) is 16.7 Å². The van der Waals surface area contributed by atoms with Gasteiger partial charge in [-0.1, -0.05) is 11.2 Å². The van der Waals surface area contributed by atoms with Crippen LogP contribution in [0.15, 0.2) is 26.8 Å². The standard InChI is InChI=1S/C19H23N3O4S/c1-10-9-14(11(2)17-13(4)20-22(5)19(17)23)12(3)18-16(10)15(21-26-6)7-8-27(18,24)25/h9H,7-8H2,1-6H3/b17-11?,21-15-. The number of benzene rings is 1. The summed E-state index contributed by atoms with van der Waals surface area (Å²) in [6.45, 7) is 7.25. The highest BCUT2D eigenvalue weighted by Crippen LogP contribution is 2.37. The van der Waals surface area contributed by atoms with Crippen molar-refractivity contribution in [2.75, 3.05) is 19.9 Å². The second-order valence-corrected chi connectivity index (χ2v) is 8.92. The Hall–Kier alpha value is -2.48. The van der Waals surface area contributed by atoms with Crippen LogP contribution >= 0.6 is 0 Å². The number of carbonyl (C=O) groups excluding carboxylic acids is 1. The Bertz CT molecular complexity index is 1050. The fourth-order valence-electron chi connectivity index (χ4n) is 3.89. The molecule has 27 heavy (non-hydrogen) atoms. The maximum absolute atomic E-state index is 12.9. The molecule has 1 amide bonds. The predicted octanol–water partition coefficient (Wildman–Crippen LogP) is 2.45. The third-order valence-electron chi connectivity index (χ3n) is 5.08. The first kappa shape index (κ1) is 19.3. The molecule has 0 spiro atoms. The van der Waals surface area contributed by atoms with E-state index >= 15 is 0 Å². The number of likely N-dealkylation sites (N-methyl/N-ethyl adjacent to an activating group) is 1. The maximum atomic E-state index is 12.9. The first-order valence-corrected chi connectivity index (χ1v) is 10.3. The van der Waals surface area contributed by atoms with E-state index in [1.165, 1.54) is 12.1 Å². The molecule has 2 aliphatic rings. The van der Waals surface area contributed by atoms with Crippen molar-refractivity contribution >= 4 is 32.7 Å². The van der Waals surface area contributed by atoms with Crippen molar-refractivity contribution in [1.82, 2.24) is 5.01 Å². The second-order valence-electron chi connectivity index (χ2n) is 6.87. The molecule has 2 heterocycles. The minimum atomic E-state index is -3.45. The molecule has 1 aromatic carbocycles. The van der Waals surface area contributed by atoms with Crippen LogP contribution in [0.4, 0.5) is 0 Å². The summed E-state index contributed by atoms with van der Waals surface area (Å²) in [5.41, 5.74) is 5.26. The molecule has 1 aromatic rings. The van der Waals surface area contributed by atoms with E-state index in [-0.39, 0.29) is 16.6 Å². The number of sulfone groups is 1. The monoisotopic (exact) mass is 389 g/mol. The highest BCUT2D eigenvalue weighted by atomic mass is 32.2. The molecule has 0 bridgehead atoms. The molecule has 0 unspecified atom stereocenters. The average Bonchev–Trinajstić information content (AvgIpc) is 2.84. The number of oxime groups is 1. The number of hydrogen-bond acceptors (Lipinski definition) is 6. The van der Waals surface area contributed by atoms with Gasteiger partial charge in [0.25, 0.3) is 5.91 Å². The zero-order chi connectivity index (χ0) is 20.1. The summed E-state index contributed by atoms with van der Waals surface area (Å²) in [7, 11) is -0.393. The van der Waals surface area contributed by atoms with Crippen molar-refractivity contribution in [2.45, 2.75) is 39.0 Å². The molecule has 0 saturated carbocycles. The molecule has 7 nitrogen and oxygen atoms in total. The lowest BCUT2D eigenvalue weighted by atomic mass is 9.89. The lowest BCUT2D eigenvalue weighted by Crippen LogP contribution is -2.25. The van der Waals surface area contributed by atoms with Crippen LogP contribution in [0, 0.1) is 13.8 Å². The van der Waals surface area contributed by atoms with E-state index in [2.05, 4.69) is 10.3 Å². The topological polar surface area (TPSA) is 88.4 Å². The molecule has 0 aromatic heterocycles. The minimum Gasteiger partial charge on any atom is -0.399 e. The summed E-state index contributed by atoms with van der Waals surface area (Å²) < 4.78 is 25.7. The quantitative estimate of drug-likeness (QED) is 0.574. The Kier molecular flexibility index (Phi) is 4.71. The van der Waals surface area contributed by atoms with Gasteiger partial charge in [0.1, 0.15) is 7.11 Å². The molecule has 8 heteroatoms. The van der Waals surface area contributed by atoms with Crippen LogP contribution in [-0.4, -0.2) is 50.7 Å². The number of aryl methyl sites for hydroxylation is 1. The highest BCUT2D eigenvalue weighted by molar-refractivity contribution is 7.91. The van der Waals surface area contributed by atoms with Crippen molar-refractivity contribution < 1.29 is 18.0 Å². The lowest BCUT2D eigenvalue weighted by molar-refractivity contribution is -0.124. The van der Waals surface area contributed by atoms with Gasteiger partial charge in [0.15, 0.2) is 9.84 Å². The summed E-state index contributed by atoms with van der Waals surface area (Å²) >= 11 is 0. The number of allylic oxidation sites excluding steroid dienone is 1. The van der Waals surface area contributed by atoms with Gasteiger partial charge in [0.05, 0.1) is 27.6 Å². The van der Waals surface area contributed by atoms with Gasteiger partial charge < -0.3 is 4.84 Å². The van der Waals surface area contributed by atoms with Gasteiger partial charge in [-0.2, -0.15) is 5.10 Å². The van der Waals surface area contributed by atoms with Crippen LogP contribution in [0.25, 0.3) is 5.57 Å². The summed E-state index contributed by atoms with van der Waals surface area (Å²) in [5.74, 6) is -0.201. The normalized spacial score (nSPS) is 22.0. The Morgan fingerprint density at radius 2 is 1.96 bits per heavy atom. The van der Waals surface area contributed by atoms with E-state index < -0.39 is 9.84 Å². The van der Waals surface area contributed by atoms with Crippen molar-refractivity contribution in [1.29, 1.82) is 0 Å². The molecular weight excluding hydrogens is 366 g/mol. The molecule has 144 valence electrons. The molecular formula is C19H23N3O4S. The van der Waals surface area contributed by atoms with E-state index in [0.29, 0.717) is 34.5 Å². The van der Waals surface area contributed by atoms with E-state index in [9.17, 15) is 13.2 Å². The highest BCUT2D eigenvalue weighted by Gasteiger charge is 2.34. The molecule has 0 fully saturated rings. The minimum absolute atomic E-state index is 0.0102. The Balaban J connectivity index is 2.34. The largest absolute Gasteiger partial charge is 0.399 e. The zero-order valence-electron chi connectivity index (χ0n) is 16.4. The number of hydrogen-bond donors (Lipinski definition) is 0. The van der Waals surface area contributed by atoms with Crippen molar-refractivity contribution in [3.63, 3.8) is 0 Å². The SMILES string of the molecule is CO/N=C1/CCS(=O)(=O)c2c(C)c(C(C)=C3C(=O)N(C)N=C3C)cc(C)c21. The summed E-state index contributed by atoms with van der Waals surface area (Å²) in [5, 5.41) is 9.53. The fraction of sp³-hybridized carbons (Fsp3) is 0.421. The van der Waals surface area contributed by atoms with Crippen LogP contribution in [0.1, 0.15) is 42.5 Å². The summed E-state index contributed by atoms with van der Waals surface area (Å²) in [6.07, 6.45) is 0.317. The fourth-order valence-corrected chi connectivity index (χ4v) is 5.72. The molecule has 0 radical (unpaired) electrons. The third kappa shape index (κ3) is 2.97. The summed E-state index contributed by atoms with van der Waals surface area (Å²) in [6, 6.07) is 1.92. The third-order valence-corrected chi connectivity index (χ3v) is 6.96. The van der Waals surface area contributed by atoms with Gasteiger partial charge in [-0.3, -0.25) is 4.79 Å². The van der Waals surface area contributed by atoms with Gasteiger partial charge in [-0.15, -0.1) is 0 Å². The molecule has 0 N–H and O–H groups in total. The Morgan fingerprint density at radius 3 is 2.52 bits per heavy atom. The van der Waals surface area contributed by atoms with Crippen molar-refractivity contribution in [3.05, 3.63) is 33.9 Å². The van der Waals surface area contributed by atoms with E-state index in [4.69, 9.17) is 4.84 Å². The predicted molar refractivity (Wildman–Crippen MR) is 105 cm³/mol. The van der Waals surface area contributed by atoms with E-state index in [1.807, 2.05) is 19.9 Å². The van der Waals surface area contributed by atoms with Crippen molar-refractivity contribution in [2.24, 2.45) is 10.3 Å².